The standard InChI is InChI=1S/C23H20ClNO4/c1-23(2,22(28)25-19-5-3-4-6-20(19)26)29-18-13-9-16(10-14-18)21(27)15-7-11-17(24)12-8-15/h3-14,26H,1-2H3,(H,25,28). The number of phenolic OH excluding ortho intramolecular Hbond substituents is 1. The van der Waals surface area contributed by atoms with Gasteiger partial charge in [0, 0.05) is 16.1 Å². The molecule has 3 rings (SSSR count). The third-order valence-corrected chi connectivity index (χ3v) is 4.55. The molecule has 148 valence electrons. The number of aromatic hydroxyl groups is 1. The molecule has 0 unspecified atom stereocenters. The quantitative estimate of drug-likeness (QED) is 0.440. The van der Waals surface area contributed by atoms with Gasteiger partial charge in [-0.25, -0.2) is 0 Å². The van der Waals surface area contributed by atoms with E-state index in [9.17, 15) is 14.7 Å². The molecule has 0 saturated carbocycles. The maximum atomic E-state index is 12.6. The van der Waals surface area contributed by atoms with Crippen molar-refractivity contribution in [3.05, 3.63) is 88.9 Å². The van der Waals surface area contributed by atoms with Gasteiger partial charge in [0.25, 0.3) is 5.91 Å². The minimum Gasteiger partial charge on any atom is -0.506 e. The van der Waals surface area contributed by atoms with Gasteiger partial charge in [-0.2, -0.15) is 0 Å². The van der Waals surface area contributed by atoms with Gasteiger partial charge in [0.15, 0.2) is 11.4 Å². The summed E-state index contributed by atoms with van der Waals surface area (Å²) in [6.07, 6.45) is 0. The fourth-order valence-electron chi connectivity index (χ4n) is 2.64. The summed E-state index contributed by atoms with van der Waals surface area (Å²) in [7, 11) is 0. The molecule has 0 aliphatic carbocycles. The summed E-state index contributed by atoms with van der Waals surface area (Å²) in [5, 5.41) is 13.0. The molecular weight excluding hydrogens is 390 g/mol. The predicted molar refractivity (Wildman–Crippen MR) is 113 cm³/mol. The minimum atomic E-state index is -1.20. The Kier molecular flexibility index (Phi) is 5.89. The Balaban J connectivity index is 1.69. The number of carbonyl (C=O) groups excluding carboxylic acids is 2. The van der Waals surface area contributed by atoms with Crippen LogP contribution < -0.4 is 10.1 Å². The van der Waals surface area contributed by atoms with Crippen molar-refractivity contribution in [1.29, 1.82) is 0 Å². The summed E-state index contributed by atoms with van der Waals surface area (Å²) < 4.78 is 5.81. The monoisotopic (exact) mass is 409 g/mol. The second-order valence-electron chi connectivity index (χ2n) is 6.94. The van der Waals surface area contributed by atoms with Crippen LogP contribution in [0.2, 0.25) is 5.02 Å². The highest BCUT2D eigenvalue weighted by Gasteiger charge is 2.30. The van der Waals surface area contributed by atoms with E-state index >= 15 is 0 Å². The van der Waals surface area contributed by atoms with E-state index in [2.05, 4.69) is 5.32 Å². The first-order chi connectivity index (χ1) is 13.8. The van der Waals surface area contributed by atoms with Crippen molar-refractivity contribution in [3.63, 3.8) is 0 Å². The number of anilines is 1. The second kappa shape index (κ2) is 8.37. The molecule has 29 heavy (non-hydrogen) atoms. The van der Waals surface area contributed by atoms with Crippen LogP contribution in [0.5, 0.6) is 11.5 Å². The molecule has 5 nitrogen and oxygen atoms in total. The van der Waals surface area contributed by atoms with Gasteiger partial charge in [-0.3, -0.25) is 9.59 Å². The lowest BCUT2D eigenvalue weighted by Gasteiger charge is -2.25. The molecule has 3 aromatic carbocycles. The Bertz CT molecular complexity index is 1030. The highest BCUT2D eigenvalue weighted by molar-refractivity contribution is 6.30. The van der Waals surface area contributed by atoms with E-state index in [4.69, 9.17) is 16.3 Å². The zero-order valence-electron chi connectivity index (χ0n) is 16.0. The highest BCUT2D eigenvalue weighted by atomic mass is 35.5. The van der Waals surface area contributed by atoms with Gasteiger partial charge >= 0.3 is 0 Å². The van der Waals surface area contributed by atoms with Gasteiger partial charge < -0.3 is 15.2 Å². The lowest BCUT2D eigenvalue weighted by molar-refractivity contribution is -0.128. The first-order valence-corrected chi connectivity index (χ1v) is 9.33. The molecule has 2 N–H and O–H groups in total. The number of hydrogen-bond donors (Lipinski definition) is 2. The minimum absolute atomic E-state index is 0.0262. The van der Waals surface area contributed by atoms with Gasteiger partial charge in [-0.05, 0) is 74.5 Å². The molecule has 3 aromatic rings. The van der Waals surface area contributed by atoms with Gasteiger partial charge in [-0.15, -0.1) is 0 Å². The van der Waals surface area contributed by atoms with E-state index in [0.29, 0.717) is 27.6 Å². The molecule has 0 bridgehead atoms. The lowest BCUT2D eigenvalue weighted by Crippen LogP contribution is -2.42. The SMILES string of the molecule is CC(C)(Oc1ccc(C(=O)c2ccc(Cl)cc2)cc1)C(=O)Nc1ccccc1O. The summed E-state index contributed by atoms with van der Waals surface area (Å²) in [6.45, 7) is 3.24. The molecule has 0 aliphatic heterocycles. The van der Waals surface area contributed by atoms with Crippen LogP contribution in [0.4, 0.5) is 5.69 Å². The number of ketones is 1. The van der Waals surface area contributed by atoms with Crippen LogP contribution in [0.1, 0.15) is 29.8 Å². The number of carbonyl (C=O) groups is 2. The third-order valence-electron chi connectivity index (χ3n) is 4.29. The number of halogens is 1. The normalized spacial score (nSPS) is 11.0. The molecule has 0 aromatic heterocycles. The molecule has 0 aliphatic rings. The zero-order chi connectivity index (χ0) is 21.0. The van der Waals surface area contributed by atoms with Crippen molar-refractivity contribution < 1.29 is 19.4 Å². The van der Waals surface area contributed by atoms with Crippen molar-refractivity contribution in [3.8, 4) is 11.5 Å². The summed E-state index contributed by atoms with van der Waals surface area (Å²) in [5.41, 5.74) is 0.129. The van der Waals surface area contributed by atoms with Crippen LogP contribution in [0.15, 0.2) is 72.8 Å². The number of benzene rings is 3. The molecule has 0 spiro atoms. The average molecular weight is 410 g/mol. The van der Waals surface area contributed by atoms with E-state index in [1.807, 2.05) is 0 Å². The molecule has 1 amide bonds. The largest absolute Gasteiger partial charge is 0.506 e. The lowest BCUT2D eigenvalue weighted by atomic mass is 10.0. The van der Waals surface area contributed by atoms with Crippen LogP contribution in [-0.4, -0.2) is 22.4 Å². The maximum absolute atomic E-state index is 12.6. The van der Waals surface area contributed by atoms with Crippen molar-refractivity contribution in [1.82, 2.24) is 0 Å². The summed E-state index contributed by atoms with van der Waals surface area (Å²) in [6, 6.07) is 19.7. The number of amides is 1. The van der Waals surface area contributed by atoms with E-state index in [-0.39, 0.29) is 11.5 Å². The van der Waals surface area contributed by atoms with Crippen molar-refractivity contribution >= 4 is 29.0 Å². The topological polar surface area (TPSA) is 75.6 Å². The number of hydrogen-bond acceptors (Lipinski definition) is 4. The van der Waals surface area contributed by atoms with Crippen molar-refractivity contribution in [2.45, 2.75) is 19.4 Å². The number of ether oxygens (including phenoxy) is 1. The number of nitrogens with one attached hydrogen (secondary N) is 1. The van der Waals surface area contributed by atoms with Crippen molar-refractivity contribution in [2.75, 3.05) is 5.32 Å². The van der Waals surface area contributed by atoms with Crippen LogP contribution >= 0.6 is 11.6 Å². The van der Waals surface area contributed by atoms with Crippen LogP contribution in [0.25, 0.3) is 0 Å². The van der Waals surface area contributed by atoms with E-state index in [1.54, 1.807) is 80.6 Å². The molecule has 0 atom stereocenters. The third kappa shape index (κ3) is 4.95. The number of para-hydroxylation sites is 2. The fraction of sp³-hybridized carbons (Fsp3) is 0.130. The number of rotatable bonds is 6. The van der Waals surface area contributed by atoms with Gasteiger partial charge in [0.1, 0.15) is 11.5 Å². The van der Waals surface area contributed by atoms with Gasteiger partial charge in [0.05, 0.1) is 5.69 Å². The van der Waals surface area contributed by atoms with E-state index in [0.717, 1.165) is 0 Å². The van der Waals surface area contributed by atoms with Gasteiger partial charge in [0.2, 0.25) is 0 Å². The van der Waals surface area contributed by atoms with Crippen molar-refractivity contribution in [2.24, 2.45) is 0 Å². The Labute approximate surface area is 173 Å². The first kappa shape index (κ1) is 20.4. The van der Waals surface area contributed by atoms with E-state index < -0.39 is 11.5 Å². The Hall–Kier alpha value is -3.31. The smallest absolute Gasteiger partial charge is 0.268 e. The summed E-state index contributed by atoms with van der Waals surface area (Å²) in [5.74, 6) is -0.137. The predicted octanol–water partition coefficient (Wildman–Crippen LogP) is 5.07. The average Bonchev–Trinajstić information content (AvgIpc) is 2.70. The molecule has 0 fully saturated rings. The fourth-order valence-corrected chi connectivity index (χ4v) is 2.76. The molecular formula is C23H20ClNO4. The van der Waals surface area contributed by atoms with Crippen LogP contribution in [0.3, 0.4) is 0 Å². The highest BCUT2D eigenvalue weighted by Crippen LogP contribution is 2.25. The zero-order valence-corrected chi connectivity index (χ0v) is 16.7. The van der Waals surface area contributed by atoms with Crippen LogP contribution in [0, 0.1) is 0 Å². The maximum Gasteiger partial charge on any atom is 0.268 e. The molecule has 0 saturated heterocycles. The molecule has 0 heterocycles. The molecule has 6 heteroatoms. The summed E-state index contributed by atoms with van der Waals surface area (Å²) in [4.78, 5) is 25.1. The summed E-state index contributed by atoms with van der Waals surface area (Å²) >= 11 is 5.86. The first-order valence-electron chi connectivity index (χ1n) is 8.95. The number of phenols is 1. The Morgan fingerprint density at radius 3 is 2.03 bits per heavy atom. The Morgan fingerprint density at radius 1 is 0.897 bits per heavy atom. The Morgan fingerprint density at radius 2 is 1.45 bits per heavy atom. The molecule has 0 radical (unpaired) electrons. The van der Waals surface area contributed by atoms with Crippen LogP contribution in [-0.2, 0) is 4.79 Å². The second-order valence-corrected chi connectivity index (χ2v) is 7.38. The van der Waals surface area contributed by atoms with Gasteiger partial charge in [-0.1, -0.05) is 23.7 Å². The van der Waals surface area contributed by atoms with E-state index in [1.165, 1.54) is 6.07 Å².